The second-order valence-corrected chi connectivity index (χ2v) is 9.22. The smallest absolute Gasteiger partial charge is 0.309 e. The number of carbonyl (C=O) groups is 1. The van der Waals surface area contributed by atoms with Crippen LogP contribution in [0.15, 0.2) is 83.8 Å². The van der Waals surface area contributed by atoms with Crippen molar-refractivity contribution in [2.24, 2.45) is 0 Å². The van der Waals surface area contributed by atoms with Gasteiger partial charge in [-0.15, -0.1) is 0 Å². The van der Waals surface area contributed by atoms with Gasteiger partial charge in [-0.25, -0.2) is 0 Å². The second kappa shape index (κ2) is 9.34. The number of aromatic nitrogens is 1. The molecule has 0 spiro atoms. The van der Waals surface area contributed by atoms with E-state index in [2.05, 4.69) is 6.07 Å². The molecule has 0 radical (unpaired) electrons. The number of ketones is 1. The minimum Gasteiger partial charge on any atom is -0.309 e. The first-order chi connectivity index (χ1) is 18.1. The lowest BCUT2D eigenvalue weighted by Gasteiger charge is -2.41. The topological polar surface area (TPSA) is 92.2 Å². The number of hydrogen-bond donors (Lipinski definition) is 0. The van der Waals surface area contributed by atoms with Gasteiger partial charge < -0.3 is 4.57 Å². The van der Waals surface area contributed by atoms with E-state index in [0.29, 0.717) is 24.1 Å². The summed E-state index contributed by atoms with van der Waals surface area (Å²) in [5.41, 5.74) is 0.524. The number of nitriles is 1. The summed E-state index contributed by atoms with van der Waals surface area (Å²) in [7, 11) is 0. The fraction of sp³-hybridized carbons (Fsp3) is 0.214. The van der Waals surface area contributed by atoms with Crippen LogP contribution in [-0.2, 0) is 11.0 Å². The largest absolute Gasteiger partial charge is 0.416 e. The third kappa shape index (κ3) is 4.16. The first-order valence-corrected chi connectivity index (χ1v) is 11.9. The van der Waals surface area contributed by atoms with Gasteiger partial charge in [0.2, 0.25) is 0 Å². The lowest BCUT2D eigenvalue weighted by molar-refractivity contribution is -0.384. The van der Waals surface area contributed by atoms with E-state index < -0.39 is 22.6 Å². The maximum atomic E-state index is 13.6. The minimum absolute atomic E-state index is 0.0180. The van der Waals surface area contributed by atoms with E-state index in [9.17, 15) is 33.3 Å². The highest BCUT2D eigenvalue weighted by molar-refractivity contribution is 6.03. The van der Waals surface area contributed by atoms with Crippen LogP contribution in [0.4, 0.5) is 24.5 Å². The molecule has 3 aromatic rings. The summed E-state index contributed by atoms with van der Waals surface area (Å²) in [6.07, 6.45) is -0.338. The number of carbonyl (C=O) groups excluding carboxylic acids is 1. The summed E-state index contributed by atoms with van der Waals surface area (Å²) >= 11 is 0. The van der Waals surface area contributed by atoms with Crippen molar-refractivity contribution < 1.29 is 22.9 Å². The Balaban J connectivity index is 1.87. The highest BCUT2D eigenvalue weighted by Gasteiger charge is 2.43. The normalized spacial score (nSPS) is 17.9. The van der Waals surface area contributed by atoms with E-state index in [-0.39, 0.29) is 46.1 Å². The number of nitrogens with zero attached hydrogens (tertiary/aromatic N) is 4. The van der Waals surface area contributed by atoms with Crippen molar-refractivity contribution in [3.63, 3.8) is 0 Å². The number of anilines is 1. The molecule has 0 N–H and O–H groups in total. The van der Waals surface area contributed by atoms with Crippen LogP contribution in [0.25, 0.3) is 5.82 Å². The Bertz CT molecular complexity index is 1560. The van der Waals surface area contributed by atoms with Crippen molar-refractivity contribution >= 4 is 23.0 Å². The molecule has 10 heteroatoms. The number of alkyl halides is 3. The second-order valence-electron chi connectivity index (χ2n) is 9.22. The van der Waals surface area contributed by atoms with Crippen LogP contribution in [-0.4, -0.2) is 15.3 Å². The van der Waals surface area contributed by atoms with Crippen molar-refractivity contribution in [1.82, 2.24) is 4.57 Å². The molecule has 2 aromatic carbocycles. The summed E-state index contributed by atoms with van der Waals surface area (Å²) < 4.78 is 42.5. The van der Waals surface area contributed by atoms with Gasteiger partial charge >= 0.3 is 6.18 Å². The molecule has 5 rings (SSSR count). The van der Waals surface area contributed by atoms with E-state index in [1.807, 2.05) is 0 Å². The van der Waals surface area contributed by atoms with Crippen LogP contribution in [0.5, 0.6) is 0 Å². The van der Waals surface area contributed by atoms with Crippen LogP contribution in [0, 0.1) is 28.4 Å². The van der Waals surface area contributed by atoms with Crippen LogP contribution >= 0.6 is 0 Å². The summed E-state index contributed by atoms with van der Waals surface area (Å²) in [5, 5.41) is 22.6. The fourth-order valence-electron chi connectivity index (χ4n) is 5.23. The van der Waals surface area contributed by atoms with Gasteiger partial charge in [0.25, 0.3) is 5.69 Å². The molecule has 192 valence electrons. The van der Waals surface area contributed by atoms with E-state index in [1.54, 1.807) is 53.0 Å². The van der Waals surface area contributed by atoms with Crippen molar-refractivity contribution in [2.75, 3.05) is 4.90 Å². The van der Waals surface area contributed by atoms with E-state index in [4.69, 9.17) is 0 Å². The van der Waals surface area contributed by atoms with Crippen LogP contribution < -0.4 is 4.90 Å². The Morgan fingerprint density at radius 3 is 2.47 bits per heavy atom. The quantitative estimate of drug-likeness (QED) is 0.282. The Hall–Kier alpha value is -4.65. The molecule has 38 heavy (non-hydrogen) atoms. The average molecular weight is 518 g/mol. The number of allylic oxidation sites excluding steroid dienone is 3. The van der Waals surface area contributed by atoms with Crippen molar-refractivity contribution in [3.05, 3.63) is 111 Å². The number of nitro benzene ring substituents is 1. The number of Topliss-reactive ketones (excluding diaryl/α,β-unsaturated/α-hetero) is 1. The number of benzene rings is 2. The molecule has 0 unspecified atom stereocenters. The molecule has 0 saturated heterocycles. The number of rotatable bonds is 4. The van der Waals surface area contributed by atoms with Gasteiger partial charge in [0.1, 0.15) is 11.5 Å². The summed E-state index contributed by atoms with van der Waals surface area (Å²) in [4.78, 5) is 26.6. The molecule has 0 bridgehead atoms. The first-order valence-electron chi connectivity index (χ1n) is 11.9. The van der Waals surface area contributed by atoms with Gasteiger partial charge in [0, 0.05) is 36.2 Å². The standard InChI is InChI=1S/C28H21F3N4O3/c1-17-10-11-21(23(14-17)35(37)38)34-22-8-5-9-24(36)26(22)25(18-6-4-7-19(15-18)28(29,30)31)20(16-32)27(34)33-12-2-3-13-33/h2-4,6-7,10-15,25H,5,8-9H2,1H3/t25-/m1/s1. The maximum Gasteiger partial charge on any atom is 0.416 e. The maximum absolute atomic E-state index is 13.6. The zero-order valence-corrected chi connectivity index (χ0v) is 20.2. The van der Waals surface area contributed by atoms with Crippen molar-refractivity contribution in [2.45, 2.75) is 38.3 Å². The van der Waals surface area contributed by atoms with E-state index in [1.165, 1.54) is 18.2 Å². The van der Waals surface area contributed by atoms with Crippen molar-refractivity contribution in [1.29, 1.82) is 5.26 Å². The SMILES string of the molecule is Cc1ccc(N2C3=C(C(=O)CCC3)[C@H](c3cccc(C(F)(F)F)c3)C(C#N)=C2n2cccc2)c([N+](=O)[O-])c1. The Morgan fingerprint density at radius 1 is 1.08 bits per heavy atom. The van der Waals surface area contributed by atoms with Gasteiger partial charge in [-0.2, -0.15) is 18.4 Å². The zero-order chi connectivity index (χ0) is 27.2. The third-order valence-electron chi connectivity index (χ3n) is 6.81. The van der Waals surface area contributed by atoms with Gasteiger partial charge in [0.05, 0.1) is 28.0 Å². The molecule has 2 heterocycles. The monoisotopic (exact) mass is 518 g/mol. The molecular weight excluding hydrogens is 497 g/mol. The molecular formula is C28H21F3N4O3. The van der Waals surface area contributed by atoms with E-state index >= 15 is 0 Å². The fourth-order valence-corrected chi connectivity index (χ4v) is 5.23. The van der Waals surface area contributed by atoms with Gasteiger partial charge in [0.15, 0.2) is 5.78 Å². The molecule has 1 atom stereocenters. The molecule has 1 aromatic heterocycles. The number of aryl methyl sites for hydroxylation is 1. The summed E-state index contributed by atoms with van der Waals surface area (Å²) in [5.74, 6) is -1.13. The molecule has 1 aliphatic carbocycles. The first kappa shape index (κ1) is 25.0. The van der Waals surface area contributed by atoms with E-state index in [0.717, 1.165) is 12.1 Å². The van der Waals surface area contributed by atoms with Crippen LogP contribution in [0.3, 0.4) is 0 Å². The van der Waals surface area contributed by atoms with Gasteiger partial charge in [-0.3, -0.25) is 19.8 Å². The minimum atomic E-state index is -4.62. The Morgan fingerprint density at radius 2 is 1.82 bits per heavy atom. The number of halogens is 3. The highest BCUT2D eigenvalue weighted by Crippen LogP contribution is 2.50. The lowest BCUT2D eigenvalue weighted by Crippen LogP contribution is -2.37. The number of nitro groups is 1. The summed E-state index contributed by atoms with van der Waals surface area (Å²) in [6.45, 7) is 1.72. The molecule has 7 nitrogen and oxygen atoms in total. The molecule has 0 fully saturated rings. The molecule has 0 saturated carbocycles. The van der Waals surface area contributed by atoms with Crippen molar-refractivity contribution in [3.8, 4) is 6.07 Å². The Labute approximate surface area is 215 Å². The predicted molar refractivity (Wildman–Crippen MR) is 134 cm³/mol. The summed E-state index contributed by atoms with van der Waals surface area (Å²) in [6, 6.07) is 14.9. The highest BCUT2D eigenvalue weighted by atomic mass is 19.4. The zero-order valence-electron chi connectivity index (χ0n) is 20.2. The average Bonchev–Trinajstić information content (AvgIpc) is 3.42. The predicted octanol–water partition coefficient (Wildman–Crippen LogP) is 6.73. The third-order valence-corrected chi connectivity index (χ3v) is 6.81. The van der Waals surface area contributed by atoms with Crippen LogP contribution in [0.1, 0.15) is 41.9 Å². The molecule has 1 aliphatic heterocycles. The van der Waals surface area contributed by atoms with Gasteiger partial charge in [-0.1, -0.05) is 24.3 Å². The van der Waals surface area contributed by atoms with Gasteiger partial charge in [-0.05, 0) is 55.2 Å². The number of hydrogen-bond acceptors (Lipinski definition) is 5. The molecule has 0 amide bonds. The molecule has 2 aliphatic rings. The Kier molecular flexibility index (Phi) is 6.15. The lowest BCUT2D eigenvalue weighted by atomic mass is 9.75. The van der Waals surface area contributed by atoms with Crippen LogP contribution in [0.2, 0.25) is 0 Å².